The van der Waals surface area contributed by atoms with Gasteiger partial charge in [0.1, 0.15) is 0 Å². The molecular formula is C20H19ClN6O4. The highest BCUT2D eigenvalue weighted by Gasteiger charge is 2.18. The second-order valence-corrected chi connectivity index (χ2v) is 6.30. The zero-order chi connectivity index (χ0) is 24.9. The first kappa shape index (κ1) is 18.0. The Kier molecular flexibility index (Phi) is 5.70. The number of amides is 1. The molecule has 31 heavy (non-hydrogen) atoms. The number of carbonyl (C=O) groups is 2. The van der Waals surface area contributed by atoms with Crippen LogP contribution in [-0.4, -0.2) is 52.7 Å². The van der Waals surface area contributed by atoms with Crippen molar-refractivity contribution in [2.45, 2.75) is 6.92 Å². The van der Waals surface area contributed by atoms with Crippen molar-refractivity contribution in [2.75, 3.05) is 26.0 Å². The average molecular weight is 446 g/mol. The van der Waals surface area contributed by atoms with E-state index < -0.39 is 18.9 Å². The summed E-state index contributed by atoms with van der Waals surface area (Å²) in [6.45, 7) is -0.803. The summed E-state index contributed by atoms with van der Waals surface area (Å²) >= 11 is 5.94. The van der Waals surface area contributed by atoms with E-state index in [1.807, 2.05) is 5.32 Å². The fraction of sp³-hybridized carbons (Fsp3) is 0.200. The van der Waals surface area contributed by atoms with Gasteiger partial charge in [0, 0.05) is 29.5 Å². The predicted octanol–water partition coefficient (Wildman–Crippen LogP) is 2.88. The van der Waals surface area contributed by atoms with Gasteiger partial charge in [-0.15, -0.1) is 10.2 Å². The summed E-state index contributed by atoms with van der Waals surface area (Å²) in [6, 6.07) is 6.35. The van der Waals surface area contributed by atoms with Crippen LogP contribution in [0, 0.1) is 0 Å². The number of hydrogen-bond acceptors (Lipinski definition) is 9. The zero-order valence-corrected chi connectivity index (χ0v) is 17.2. The van der Waals surface area contributed by atoms with Crippen molar-refractivity contribution in [3.63, 3.8) is 0 Å². The van der Waals surface area contributed by atoms with Crippen molar-refractivity contribution in [2.24, 2.45) is 0 Å². The molecule has 1 aromatic carbocycles. The van der Waals surface area contributed by atoms with Crippen LogP contribution >= 0.6 is 11.6 Å². The number of aromatic nitrogens is 4. The van der Waals surface area contributed by atoms with E-state index in [0.29, 0.717) is 17.0 Å². The van der Waals surface area contributed by atoms with Gasteiger partial charge in [0.05, 0.1) is 36.2 Å². The molecule has 0 atom stereocenters. The molecule has 2 N–H and O–H groups in total. The number of nitrogens with zero attached hydrogens (tertiary/aromatic N) is 4. The minimum atomic E-state index is -2.72. The van der Waals surface area contributed by atoms with E-state index in [2.05, 4.69) is 25.5 Å². The lowest BCUT2D eigenvalue weighted by molar-refractivity contribution is 0.0525. The minimum Gasteiger partial charge on any atom is -0.494 e. The summed E-state index contributed by atoms with van der Waals surface area (Å²) in [6.07, 6.45) is 2.67. The van der Waals surface area contributed by atoms with E-state index in [4.69, 9.17) is 25.2 Å². The molecule has 0 bridgehead atoms. The van der Waals surface area contributed by atoms with Gasteiger partial charge in [-0.05, 0) is 19.1 Å². The maximum Gasteiger partial charge on any atom is 0.341 e. The van der Waals surface area contributed by atoms with Crippen LogP contribution in [0.4, 0.5) is 11.4 Å². The summed E-state index contributed by atoms with van der Waals surface area (Å²) in [7, 11) is 1.43. The standard InChI is InChI=1S/C20H19ClN6O4/c1-4-31-20(29)11-9-23-18(24-10-11)12-6-5-7-13(17(12)30-3)25-14-8-15(21)26-27-16(14)19(28)22-2/h5-10H,4H2,1-3H3,(H,22,28)(H,25,26)/i2D3. The number of nitrogens with one attached hydrogen (secondary N) is 2. The maximum atomic E-state index is 12.4. The van der Waals surface area contributed by atoms with Crippen LogP contribution < -0.4 is 15.4 Å². The number of ether oxygens (including phenoxy) is 2. The molecular weight excluding hydrogens is 424 g/mol. The Morgan fingerprint density at radius 1 is 1.19 bits per heavy atom. The Balaban J connectivity index is 1.98. The molecule has 160 valence electrons. The van der Waals surface area contributed by atoms with Crippen molar-refractivity contribution in [1.29, 1.82) is 0 Å². The molecule has 0 fully saturated rings. The molecule has 0 saturated heterocycles. The number of rotatable bonds is 7. The van der Waals surface area contributed by atoms with Crippen LogP contribution in [0.5, 0.6) is 5.75 Å². The summed E-state index contributed by atoms with van der Waals surface area (Å²) in [5, 5.41) is 12.1. The van der Waals surface area contributed by atoms with Gasteiger partial charge in [0.2, 0.25) is 0 Å². The second-order valence-electron chi connectivity index (χ2n) is 5.91. The van der Waals surface area contributed by atoms with Crippen LogP contribution in [0.15, 0.2) is 36.7 Å². The van der Waals surface area contributed by atoms with E-state index in [-0.39, 0.29) is 34.5 Å². The van der Waals surface area contributed by atoms with E-state index in [1.54, 1.807) is 25.1 Å². The van der Waals surface area contributed by atoms with Gasteiger partial charge < -0.3 is 20.1 Å². The number of anilines is 2. The topological polar surface area (TPSA) is 128 Å². The number of para-hydroxylation sites is 1. The third-order valence-electron chi connectivity index (χ3n) is 3.99. The molecule has 0 aliphatic carbocycles. The Morgan fingerprint density at radius 3 is 2.65 bits per heavy atom. The smallest absolute Gasteiger partial charge is 0.341 e. The number of benzene rings is 1. The summed E-state index contributed by atoms with van der Waals surface area (Å²) in [5.74, 6) is -0.942. The average Bonchev–Trinajstić information content (AvgIpc) is 2.78. The van der Waals surface area contributed by atoms with Gasteiger partial charge in [0.15, 0.2) is 22.4 Å². The lowest BCUT2D eigenvalue weighted by Gasteiger charge is -2.16. The Hall–Kier alpha value is -3.79. The molecule has 0 radical (unpaired) electrons. The third kappa shape index (κ3) is 4.86. The number of halogens is 1. The number of carbonyl (C=O) groups excluding carboxylic acids is 2. The molecule has 3 rings (SSSR count). The lowest BCUT2D eigenvalue weighted by Crippen LogP contribution is -2.21. The number of esters is 1. The predicted molar refractivity (Wildman–Crippen MR) is 114 cm³/mol. The second kappa shape index (κ2) is 9.81. The third-order valence-corrected chi connectivity index (χ3v) is 4.17. The van der Waals surface area contributed by atoms with Crippen LogP contribution in [0.1, 0.15) is 31.9 Å². The fourth-order valence-electron chi connectivity index (χ4n) is 2.65. The number of methoxy groups -OCH3 is 1. The first-order valence-corrected chi connectivity index (χ1v) is 9.30. The van der Waals surface area contributed by atoms with Crippen LogP contribution in [-0.2, 0) is 4.74 Å². The highest BCUT2D eigenvalue weighted by atomic mass is 35.5. The SMILES string of the molecule is [2H]C([2H])([2H])NC(=O)c1nnc(Cl)cc1Nc1cccc(-c2ncc(C(=O)OCC)cn2)c1OC. The molecule has 0 spiro atoms. The molecule has 10 nitrogen and oxygen atoms in total. The molecule has 0 aliphatic rings. The maximum absolute atomic E-state index is 12.4. The quantitative estimate of drug-likeness (QED) is 0.527. The highest BCUT2D eigenvalue weighted by molar-refractivity contribution is 6.29. The van der Waals surface area contributed by atoms with Crippen molar-refractivity contribution in [3.05, 3.63) is 53.1 Å². The Labute approximate surface area is 187 Å². The molecule has 0 saturated carbocycles. The van der Waals surface area contributed by atoms with Crippen molar-refractivity contribution >= 4 is 34.9 Å². The first-order chi connectivity index (χ1) is 16.1. The van der Waals surface area contributed by atoms with E-state index in [0.717, 1.165) is 0 Å². The first-order valence-electron chi connectivity index (χ1n) is 10.4. The highest BCUT2D eigenvalue weighted by Crippen LogP contribution is 2.37. The minimum absolute atomic E-state index is 0.0269. The van der Waals surface area contributed by atoms with Crippen molar-refractivity contribution in [3.8, 4) is 17.1 Å². The summed E-state index contributed by atoms with van der Waals surface area (Å²) < 4.78 is 32.2. The zero-order valence-electron chi connectivity index (χ0n) is 19.5. The molecule has 3 aromatic rings. The number of hydrogen-bond donors (Lipinski definition) is 2. The normalized spacial score (nSPS) is 12.2. The fourth-order valence-corrected chi connectivity index (χ4v) is 2.80. The summed E-state index contributed by atoms with van der Waals surface area (Å²) in [4.78, 5) is 32.7. The molecule has 11 heteroatoms. The summed E-state index contributed by atoms with van der Waals surface area (Å²) in [5.41, 5.74) is 0.856. The van der Waals surface area contributed by atoms with Crippen LogP contribution in [0.3, 0.4) is 0 Å². The molecule has 0 unspecified atom stereocenters. The van der Waals surface area contributed by atoms with Gasteiger partial charge in [0.25, 0.3) is 5.91 Å². The van der Waals surface area contributed by atoms with E-state index >= 15 is 0 Å². The van der Waals surface area contributed by atoms with Crippen LogP contribution in [0.2, 0.25) is 5.15 Å². The van der Waals surface area contributed by atoms with Gasteiger partial charge in [-0.1, -0.05) is 17.7 Å². The molecule has 2 aromatic heterocycles. The van der Waals surface area contributed by atoms with E-state index in [9.17, 15) is 9.59 Å². The van der Waals surface area contributed by atoms with Gasteiger partial charge in [-0.3, -0.25) is 4.79 Å². The van der Waals surface area contributed by atoms with Gasteiger partial charge in [-0.25, -0.2) is 14.8 Å². The van der Waals surface area contributed by atoms with Gasteiger partial charge >= 0.3 is 5.97 Å². The van der Waals surface area contributed by atoms with Crippen LogP contribution in [0.25, 0.3) is 11.4 Å². The molecule has 2 heterocycles. The van der Waals surface area contributed by atoms with Crippen molar-refractivity contribution < 1.29 is 23.2 Å². The van der Waals surface area contributed by atoms with Gasteiger partial charge in [-0.2, -0.15) is 0 Å². The monoisotopic (exact) mass is 445 g/mol. The molecule has 0 aliphatic heterocycles. The lowest BCUT2D eigenvalue weighted by atomic mass is 10.1. The van der Waals surface area contributed by atoms with Crippen molar-refractivity contribution in [1.82, 2.24) is 25.5 Å². The van der Waals surface area contributed by atoms with E-state index in [1.165, 1.54) is 25.6 Å². The molecule has 1 amide bonds. The Bertz CT molecular complexity index is 1210. The largest absolute Gasteiger partial charge is 0.494 e. The Morgan fingerprint density at radius 2 is 1.97 bits per heavy atom.